The van der Waals surface area contributed by atoms with Gasteiger partial charge < -0.3 is 4.98 Å². The van der Waals surface area contributed by atoms with Gasteiger partial charge in [-0.2, -0.15) is 0 Å². The fraction of sp³-hybridized carbons (Fsp3) is 0.348. The van der Waals surface area contributed by atoms with E-state index in [4.69, 9.17) is 0 Å². The van der Waals surface area contributed by atoms with Gasteiger partial charge in [-0.3, -0.25) is 4.90 Å². The van der Waals surface area contributed by atoms with E-state index < -0.39 is 0 Å². The molecule has 0 fully saturated rings. The third-order valence-corrected chi connectivity index (χ3v) is 5.81. The lowest BCUT2D eigenvalue weighted by molar-refractivity contribution is 0.186. The monoisotopic (exact) mass is 386 g/mol. The predicted octanol–water partition coefficient (Wildman–Crippen LogP) is 4.06. The number of nitrogens with one attached hydrogen (secondary N) is 1. The van der Waals surface area contributed by atoms with E-state index in [9.17, 15) is 0 Å². The lowest BCUT2D eigenvalue weighted by Gasteiger charge is -2.36. The largest absolute Gasteiger partial charge is 0.361 e. The van der Waals surface area contributed by atoms with Crippen molar-refractivity contribution in [1.82, 2.24) is 30.1 Å². The van der Waals surface area contributed by atoms with Gasteiger partial charge in [0, 0.05) is 35.8 Å². The summed E-state index contributed by atoms with van der Waals surface area (Å²) in [6, 6.07) is 17.2. The van der Waals surface area contributed by atoms with Crippen LogP contribution in [0.2, 0.25) is 0 Å². The molecule has 3 heterocycles. The number of hydrogen-bond acceptors (Lipinski definition) is 4. The first-order valence-electron chi connectivity index (χ1n) is 10.2. The number of hydrogen-bond donors (Lipinski definition) is 1. The molecule has 4 aromatic rings. The fourth-order valence-electron chi connectivity index (χ4n) is 4.40. The van der Waals surface area contributed by atoms with Crippen molar-refractivity contribution in [3.05, 3.63) is 77.2 Å². The Morgan fingerprint density at radius 3 is 2.59 bits per heavy atom. The number of H-pyrrole nitrogens is 1. The second-order valence-corrected chi connectivity index (χ2v) is 8.80. The number of rotatable bonds is 3. The molecule has 0 amide bonds. The summed E-state index contributed by atoms with van der Waals surface area (Å²) in [5.41, 5.74) is 4.99. The van der Waals surface area contributed by atoms with Crippen molar-refractivity contribution in [3.8, 4) is 0 Å². The molecule has 1 unspecified atom stereocenters. The highest BCUT2D eigenvalue weighted by Gasteiger charge is 2.34. The molecule has 1 aliphatic heterocycles. The van der Waals surface area contributed by atoms with E-state index in [0.29, 0.717) is 0 Å². The molecule has 6 nitrogen and oxygen atoms in total. The van der Waals surface area contributed by atoms with Crippen LogP contribution in [0.15, 0.2) is 54.7 Å². The van der Waals surface area contributed by atoms with Gasteiger partial charge in [-0.15, -0.1) is 5.10 Å². The Balaban J connectivity index is 1.66. The SMILES string of the molecule is CC(C)(C)n1nnnc1C(c1c[nH]c2ccccc12)N1CCc2ccccc2C1. The molecular formula is C23H26N6. The Kier molecular flexibility index (Phi) is 4.24. The maximum Gasteiger partial charge on any atom is 0.173 e. The zero-order chi connectivity index (χ0) is 20.0. The van der Waals surface area contributed by atoms with Gasteiger partial charge in [0.05, 0.1) is 11.6 Å². The molecule has 2 aromatic carbocycles. The molecule has 0 saturated heterocycles. The standard InChI is InChI=1S/C23H26N6/c1-23(2,3)29-22(25-26-27-29)21(19-14-24-20-11-7-6-10-18(19)20)28-13-12-16-8-4-5-9-17(16)15-28/h4-11,14,21,24H,12-13,15H2,1-3H3. The molecule has 2 aromatic heterocycles. The van der Waals surface area contributed by atoms with Crippen LogP contribution in [0.1, 0.15) is 49.3 Å². The van der Waals surface area contributed by atoms with Crippen molar-refractivity contribution in [2.45, 2.75) is 45.3 Å². The van der Waals surface area contributed by atoms with Gasteiger partial charge >= 0.3 is 0 Å². The Hall–Kier alpha value is -2.99. The van der Waals surface area contributed by atoms with Crippen LogP contribution < -0.4 is 0 Å². The van der Waals surface area contributed by atoms with E-state index in [2.05, 4.69) is 101 Å². The molecule has 1 atom stereocenters. The molecule has 0 saturated carbocycles. The Labute approximate surface area is 170 Å². The molecule has 148 valence electrons. The summed E-state index contributed by atoms with van der Waals surface area (Å²) in [6.07, 6.45) is 3.16. The van der Waals surface area contributed by atoms with E-state index in [0.717, 1.165) is 30.9 Å². The molecule has 0 spiro atoms. The first-order chi connectivity index (χ1) is 14.0. The summed E-state index contributed by atoms with van der Waals surface area (Å²) >= 11 is 0. The quantitative estimate of drug-likeness (QED) is 0.577. The molecule has 1 aliphatic rings. The maximum absolute atomic E-state index is 4.52. The van der Waals surface area contributed by atoms with E-state index in [1.165, 1.54) is 22.1 Å². The van der Waals surface area contributed by atoms with Gasteiger partial charge in [0.2, 0.25) is 0 Å². The van der Waals surface area contributed by atoms with Crippen molar-refractivity contribution < 1.29 is 0 Å². The van der Waals surface area contributed by atoms with Crippen LogP contribution in [0, 0.1) is 0 Å². The third-order valence-electron chi connectivity index (χ3n) is 5.81. The van der Waals surface area contributed by atoms with Gasteiger partial charge in [0.1, 0.15) is 0 Å². The summed E-state index contributed by atoms with van der Waals surface area (Å²) in [5.74, 6) is 0.890. The molecule has 0 bridgehead atoms. The second kappa shape index (κ2) is 6.81. The lowest BCUT2D eigenvalue weighted by Crippen LogP contribution is -2.38. The first kappa shape index (κ1) is 18.1. The van der Waals surface area contributed by atoms with Crippen LogP contribution >= 0.6 is 0 Å². The van der Waals surface area contributed by atoms with Crippen LogP contribution in [0.5, 0.6) is 0 Å². The molecule has 1 N–H and O–H groups in total. The van der Waals surface area contributed by atoms with E-state index in [-0.39, 0.29) is 11.6 Å². The van der Waals surface area contributed by atoms with Crippen molar-refractivity contribution in [2.75, 3.05) is 6.54 Å². The van der Waals surface area contributed by atoms with Gasteiger partial charge in [-0.05, 0) is 54.8 Å². The predicted molar refractivity (Wildman–Crippen MR) is 114 cm³/mol. The van der Waals surface area contributed by atoms with Gasteiger partial charge in [-0.25, -0.2) is 4.68 Å². The zero-order valence-electron chi connectivity index (χ0n) is 17.1. The highest BCUT2D eigenvalue weighted by molar-refractivity contribution is 5.83. The molecule has 29 heavy (non-hydrogen) atoms. The number of para-hydroxylation sites is 1. The van der Waals surface area contributed by atoms with Crippen LogP contribution in [0.3, 0.4) is 0 Å². The minimum atomic E-state index is -0.198. The first-order valence-corrected chi connectivity index (χ1v) is 10.2. The minimum absolute atomic E-state index is 0.0197. The van der Waals surface area contributed by atoms with Crippen molar-refractivity contribution in [1.29, 1.82) is 0 Å². The van der Waals surface area contributed by atoms with E-state index >= 15 is 0 Å². The minimum Gasteiger partial charge on any atom is -0.361 e. The number of nitrogens with zero attached hydrogens (tertiary/aromatic N) is 5. The number of tetrazole rings is 1. The molecule has 6 heteroatoms. The highest BCUT2D eigenvalue weighted by atomic mass is 15.6. The Bertz CT molecular complexity index is 1150. The van der Waals surface area contributed by atoms with Crippen molar-refractivity contribution in [3.63, 3.8) is 0 Å². The fourth-order valence-corrected chi connectivity index (χ4v) is 4.40. The van der Waals surface area contributed by atoms with Crippen LogP contribution in [0.25, 0.3) is 10.9 Å². The molecule has 0 radical (unpaired) electrons. The Morgan fingerprint density at radius 1 is 1.00 bits per heavy atom. The topological polar surface area (TPSA) is 62.6 Å². The average Bonchev–Trinajstić information content (AvgIpc) is 3.36. The van der Waals surface area contributed by atoms with Gasteiger partial charge in [0.15, 0.2) is 5.82 Å². The smallest absolute Gasteiger partial charge is 0.173 e. The summed E-state index contributed by atoms with van der Waals surface area (Å²) in [7, 11) is 0. The number of aromatic amines is 1. The van der Waals surface area contributed by atoms with Crippen LogP contribution in [0.4, 0.5) is 0 Å². The van der Waals surface area contributed by atoms with Crippen LogP contribution in [-0.4, -0.2) is 36.6 Å². The maximum atomic E-state index is 4.52. The number of aromatic nitrogens is 5. The molecule has 5 rings (SSSR count). The van der Waals surface area contributed by atoms with Gasteiger partial charge in [-0.1, -0.05) is 42.5 Å². The average molecular weight is 387 g/mol. The third kappa shape index (κ3) is 3.13. The summed E-state index contributed by atoms with van der Waals surface area (Å²) in [4.78, 5) is 5.95. The lowest BCUT2D eigenvalue weighted by atomic mass is 9.95. The summed E-state index contributed by atoms with van der Waals surface area (Å²) < 4.78 is 1.97. The normalized spacial score (nSPS) is 16.1. The molecule has 0 aliphatic carbocycles. The molecular weight excluding hydrogens is 360 g/mol. The van der Waals surface area contributed by atoms with E-state index in [1.54, 1.807) is 0 Å². The van der Waals surface area contributed by atoms with Crippen molar-refractivity contribution >= 4 is 10.9 Å². The second-order valence-electron chi connectivity index (χ2n) is 8.80. The highest BCUT2D eigenvalue weighted by Crippen LogP contribution is 2.36. The zero-order valence-corrected chi connectivity index (χ0v) is 17.1. The van der Waals surface area contributed by atoms with E-state index in [1.807, 2.05) is 4.68 Å². The number of fused-ring (bicyclic) bond motifs is 2. The van der Waals surface area contributed by atoms with Gasteiger partial charge in [0.25, 0.3) is 0 Å². The van der Waals surface area contributed by atoms with Crippen LogP contribution in [-0.2, 0) is 18.5 Å². The Morgan fingerprint density at radius 2 is 1.76 bits per heavy atom. The summed E-state index contributed by atoms with van der Waals surface area (Å²) in [6.45, 7) is 8.29. The van der Waals surface area contributed by atoms with Crippen molar-refractivity contribution in [2.24, 2.45) is 0 Å². The number of benzene rings is 2. The summed E-state index contributed by atoms with van der Waals surface area (Å²) in [5, 5.41) is 14.2.